The Kier molecular flexibility index (Phi) is 32.0. The molecule has 0 aromatic rings. The van der Waals surface area contributed by atoms with E-state index in [4.69, 9.17) is 9.47 Å². The Labute approximate surface area is 277 Å². The second-order valence-corrected chi connectivity index (χ2v) is 13.0. The van der Waals surface area contributed by atoms with E-state index in [2.05, 4.69) is 39.0 Å². The number of ether oxygens (including phenoxy) is 2. The van der Waals surface area contributed by atoms with Gasteiger partial charge in [-0.05, 0) is 38.0 Å². The summed E-state index contributed by atoms with van der Waals surface area (Å²) in [5.74, 6) is 0.197. The molecule has 0 aliphatic heterocycles. The number of hydrogen-bond acceptors (Lipinski definition) is 6. The molecule has 0 saturated heterocycles. The maximum Gasteiger partial charge on any atom is 0.305 e. The van der Waals surface area contributed by atoms with Crippen LogP contribution in [0, 0.1) is 5.92 Å². The highest BCUT2D eigenvalue weighted by Gasteiger charge is 2.12. The summed E-state index contributed by atoms with van der Waals surface area (Å²) in [7, 11) is 0. The number of carbonyl (C=O) groups excluding carboxylic acids is 2. The van der Waals surface area contributed by atoms with E-state index < -0.39 is 12.2 Å². The Balaban J connectivity index is 3.53. The van der Waals surface area contributed by atoms with Crippen LogP contribution in [0.4, 0.5) is 0 Å². The van der Waals surface area contributed by atoms with Gasteiger partial charge in [0.2, 0.25) is 0 Å². The number of unbranched alkanes of at least 4 members (excludes halogenated alkanes) is 15. The van der Waals surface area contributed by atoms with Crippen LogP contribution >= 0.6 is 0 Å². The number of carbonyl (C=O) groups is 2. The molecule has 0 aromatic heterocycles. The first-order chi connectivity index (χ1) is 21.8. The highest BCUT2D eigenvalue weighted by atomic mass is 16.6. The Morgan fingerprint density at radius 3 is 1.49 bits per heavy atom. The van der Waals surface area contributed by atoms with Gasteiger partial charge in [0.1, 0.15) is 19.3 Å². The predicted molar refractivity (Wildman–Crippen MR) is 188 cm³/mol. The van der Waals surface area contributed by atoms with E-state index in [9.17, 15) is 19.8 Å². The van der Waals surface area contributed by atoms with Gasteiger partial charge in [-0.2, -0.15) is 0 Å². The molecule has 6 nitrogen and oxygen atoms in total. The number of rotatable bonds is 32. The summed E-state index contributed by atoms with van der Waals surface area (Å²) in [6, 6.07) is 0. The van der Waals surface area contributed by atoms with Crippen LogP contribution in [0.15, 0.2) is 36.5 Å². The molecule has 0 fully saturated rings. The molecule has 0 aromatic carbocycles. The molecule has 0 rings (SSSR count). The van der Waals surface area contributed by atoms with Crippen molar-refractivity contribution in [3.05, 3.63) is 36.5 Å². The van der Waals surface area contributed by atoms with Gasteiger partial charge in [-0.1, -0.05) is 160 Å². The molecule has 0 aliphatic rings. The summed E-state index contributed by atoms with van der Waals surface area (Å²) in [6.45, 7) is 6.42. The van der Waals surface area contributed by atoms with Gasteiger partial charge >= 0.3 is 11.9 Å². The van der Waals surface area contributed by atoms with E-state index in [1.807, 2.05) is 18.2 Å². The molecule has 2 atom stereocenters. The lowest BCUT2D eigenvalue weighted by Crippen LogP contribution is -2.25. The lowest BCUT2D eigenvalue weighted by Gasteiger charge is -2.12. The molecule has 0 aliphatic carbocycles. The van der Waals surface area contributed by atoms with Gasteiger partial charge in [-0.3, -0.25) is 9.59 Å². The number of aliphatic hydroxyl groups excluding tert-OH is 2. The minimum Gasteiger partial charge on any atom is -0.463 e. The van der Waals surface area contributed by atoms with Gasteiger partial charge in [0.15, 0.2) is 0 Å². The molecule has 45 heavy (non-hydrogen) atoms. The lowest BCUT2D eigenvalue weighted by atomic mass is 10.0. The van der Waals surface area contributed by atoms with E-state index in [1.54, 1.807) is 0 Å². The van der Waals surface area contributed by atoms with Gasteiger partial charge in [0.25, 0.3) is 0 Å². The van der Waals surface area contributed by atoms with Gasteiger partial charge in [0.05, 0.1) is 6.10 Å². The van der Waals surface area contributed by atoms with Crippen LogP contribution in [0.5, 0.6) is 0 Å². The van der Waals surface area contributed by atoms with Gasteiger partial charge in [-0.25, -0.2) is 0 Å². The zero-order chi connectivity index (χ0) is 33.2. The molecule has 0 saturated carbocycles. The molecule has 0 heterocycles. The Hall–Kier alpha value is -1.92. The second kappa shape index (κ2) is 33.4. The average Bonchev–Trinajstić information content (AvgIpc) is 3.01. The molecular weight excluding hydrogens is 564 g/mol. The molecular formula is C39H70O6. The van der Waals surface area contributed by atoms with Crippen molar-refractivity contribution in [2.24, 2.45) is 5.92 Å². The van der Waals surface area contributed by atoms with Crippen molar-refractivity contribution in [2.75, 3.05) is 13.2 Å². The Morgan fingerprint density at radius 2 is 1.02 bits per heavy atom. The zero-order valence-corrected chi connectivity index (χ0v) is 29.4. The van der Waals surface area contributed by atoms with Gasteiger partial charge in [-0.15, -0.1) is 0 Å². The maximum atomic E-state index is 11.9. The fraction of sp³-hybridized carbons (Fsp3) is 0.795. The second-order valence-electron chi connectivity index (χ2n) is 13.0. The number of hydrogen-bond donors (Lipinski definition) is 2. The van der Waals surface area contributed by atoms with Crippen LogP contribution in [0.1, 0.15) is 168 Å². The van der Waals surface area contributed by atoms with Crippen LogP contribution in [0.2, 0.25) is 0 Å². The summed E-state index contributed by atoms with van der Waals surface area (Å²) >= 11 is 0. The minimum atomic E-state index is -0.994. The van der Waals surface area contributed by atoms with E-state index in [-0.39, 0.29) is 25.2 Å². The Bertz CT molecular complexity index is 757. The van der Waals surface area contributed by atoms with Gasteiger partial charge < -0.3 is 19.7 Å². The fourth-order valence-electron chi connectivity index (χ4n) is 5.10. The van der Waals surface area contributed by atoms with Crippen molar-refractivity contribution >= 4 is 11.9 Å². The standard InChI is InChI=1S/C39H70O6/c1-4-5-6-7-14-19-24-29-36(40)30-25-20-17-22-27-32-39(43)45-34-37(41)33-44-38(42)31-26-21-16-13-11-9-8-10-12-15-18-23-28-35(2)3/h5-6,14,19,24,29,35-37,40-41H,4,7-13,15-18,20-23,25-28,30-34H2,1-3H3/b6-5+,19-14+,29-24+/t36?,37-/m0/s1. The quantitative estimate of drug-likeness (QED) is 0.0331. The third-order valence-corrected chi connectivity index (χ3v) is 7.92. The molecule has 6 heteroatoms. The van der Waals surface area contributed by atoms with Crippen molar-refractivity contribution in [1.82, 2.24) is 0 Å². The zero-order valence-electron chi connectivity index (χ0n) is 29.4. The van der Waals surface area contributed by atoms with Crippen molar-refractivity contribution in [2.45, 2.75) is 181 Å². The lowest BCUT2D eigenvalue weighted by molar-refractivity contribution is -0.152. The molecule has 2 N–H and O–H groups in total. The first-order valence-corrected chi connectivity index (χ1v) is 18.5. The number of aliphatic hydroxyl groups is 2. The summed E-state index contributed by atoms with van der Waals surface area (Å²) in [5.41, 5.74) is 0. The van der Waals surface area contributed by atoms with Crippen molar-refractivity contribution in [3.63, 3.8) is 0 Å². The summed E-state index contributed by atoms with van der Waals surface area (Å²) < 4.78 is 10.3. The number of allylic oxidation sites excluding steroid dienone is 5. The highest BCUT2D eigenvalue weighted by Crippen LogP contribution is 2.15. The topological polar surface area (TPSA) is 93.1 Å². The minimum absolute atomic E-state index is 0.141. The van der Waals surface area contributed by atoms with E-state index >= 15 is 0 Å². The van der Waals surface area contributed by atoms with Crippen molar-refractivity contribution in [3.8, 4) is 0 Å². The SMILES string of the molecule is CC/C=C/C/C=C/C=C/C(O)CCCCCCCC(=O)OC[C@@H](O)COC(=O)CCCCCCCCCCCCCCC(C)C. The summed E-state index contributed by atoms with van der Waals surface area (Å²) in [5, 5.41) is 20.0. The highest BCUT2D eigenvalue weighted by molar-refractivity contribution is 5.69. The maximum absolute atomic E-state index is 11.9. The largest absolute Gasteiger partial charge is 0.463 e. The van der Waals surface area contributed by atoms with Crippen LogP contribution in [0.3, 0.4) is 0 Å². The summed E-state index contributed by atoms with van der Waals surface area (Å²) in [4.78, 5) is 23.9. The number of esters is 2. The van der Waals surface area contributed by atoms with E-state index in [0.717, 1.165) is 76.5 Å². The Morgan fingerprint density at radius 1 is 0.578 bits per heavy atom. The van der Waals surface area contributed by atoms with Crippen LogP contribution in [0.25, 0.3) is 0 Å². The van der Waals surface area contributed by atoms with Crippen LogP contribution in [-0.4, -0.2) is 47.6 Å². The molecule has 0 spiro atoms. The molecule has 0 amide bonds. The molecule has 0 radical (unpaired) electrons. The van der Waals surface area contributed by atoms with Gasteiger partial charge in [0, 0.05) is 12.8 Å². The van der Waals surface area contributed by atoms with Crippen molar-refractivity contribution in [1.29, 1.82) is 0 Å². The molecule has 0 bridgehead atoms. The summed E-state index contributed by atoms with van der Waals surface area (Å²) in [6.07, 6.45) is 35.0. The third-order valence-electron chi connectivity index (χ3n) is 7.92. The van der Waals surface area contributed by atoms with E-state index in [1.165, 1.54) is 64.2 Å². The fourth-order valence-corrected chi connectivity index (χ4v) is 5.10. The average molecular weight is 635 g/mol. The first kappa shape index (κ1) is 43.1. The first-order valence-electron chi connectivity index (χ1n) is 18.5. The van der Waals surface area contributed by atoms with E-state index in [0.29, 0.717) is 12.8 Å². The normalized spacial score (nSPS) is 13.4. The predicted octanol–water partition coefficient (Wildman–Crippen LogP) is 10.1. The third kappa shape index (κ3) is 34.8. The van der Waals surface area contributed by atoms with Crippen LogP contribution in [-0.2, 0) is 19.1 Å². The molecule has 262 valence electrons. The molecule has 1 unspecified atom stereocenters. The van der Waals surface area contributed by atoms with Crippen molar-refractivity contribution < 1.29 is 29.3 Å². The smallest absolute Gasteiger partial charge is 0.305 e. The monoisotopic (exact) mass is 635 g/mol. The van der Waals surface area contributed by atoms with Crippen LogP contribution < -0.4 is 0 Å².